The molecule has 0 nitrogen and oxygen atoms in total. The van der Waals surface area contributed by atoms with Gasteiger partial charge in [-0.05, 0) is 61.1 Å². The summed E-state index contributed by atoms with van der Waals surface area (Å²) in [6.07, 6.45) is 6.36. The smallest absolute Gasteiger partial charge is 0.0273 e. The van der Waals surface area contributed by atoms with Gasteiger partial charge in [-0.2, -0.15) is 0 Å². The number of alkyl halides is 2. The highest BCUT2D eigenvalue weighted by molar-refractivity contribution is 14.1. The highest BCUT2D eigenvalue weighted by Crippen LogP contribution is 2.26. The Bertz CT molecular complexity index is 151. The fourth-order valence-electron chi connectivity index (χ4n) is 1.02. The molecule has 0 rings (SSSR count). The minimum atomic E-state index is 0.729. The molecule has 0 unspecified atom stereocenters. The van der Waals surface area contributed by atoms with Crippen molar-refractivity contribution >= 4 is 57.4 Å². The van der Waals surface area contributed by atoms with Crippen molar-refractivity contribution in [3.8, 4) is 0 Å². The van der Waals surface area contributed by atoms with Crippen LogP contribution in [0.2, 0.25) is 0 Å². The molecule has 14 heavy (non-hydrogen) atoms. The van der Waals surface area contributed by atoms with E-state index >= 15 is 0 Å². The van der Waals surface area contributed by atoms with Crippen molar-refractivity contribution in [2.45, 2.75) is 38.5 Å². The van der Waals surface area contributed by atoms with E-state index in [0.717, 1.165) is 55.3 Å². The number of allylic oxidation sites excluding steroid dienone is 2. The van der Waals surface area contributed by atoms with Crippen LogP contribution < -0.4 is 0 Å². The van der Waals surface area contributed by atoms with Gasteiger partial charge in [0.2, 0.25) is 0 Å². The van der Waals surface area contributed by atoms with Gasteiger partial charge in [0.05, 0.1) is 0 Å². The molecule has 0 N–H and O–H groups in total. The molecule has 0 heterocycles. The zero-order chi connectivity index (χ0) is 10.8. The molecule has 0 fully saturated rings. The van der Waals surface area contributed by atoms with Gasteiger partial charge in [-0.3, -0.25) is 0 Å². The van der Waals surface area contributed by atoms with E-state index in [1.165, 1.54) is 3.58 Å². The monoisotopic (exact) mass is 368 g/mol. The molecular formula is C10H16Cl3I. The molecule has 0 aromatic heterocycles. The number of halogens is 4. The molecule has 4 heteroatoms. The summed E-state index contributed by atoms with van der Waals surface area (Å²) in [4.78, 5) is 0. The zero-order valence-electron chi connectivity index (χ0n) is 8.17. The van der Waals surface area contributed by atoms with Crippen molar-refractivity contribution in [3.63, 3.8) is 0 Å². The van der Waals surface area contributed by atoms with Gasteiger partial charge in [-0.15, -0.1) is 23.2 Å². The lowest BCUT2D eigenvalue weighted by Crippen LogP contribution is -1.84. The minimum Gasteiger partial charge on any atom is -0.127 e. The van der Waals surface area contributed by atoms with Gasteiger partial charge < -0.3 is 0 Å². The van der Waals surface area contributed by atoms with Crippen LogP contribution >= 0.6 is 57.4 Å². The van der Waals surface area contributed by atoms with Crippen LogP contribution in [0.15, 0.2) is 8.61 Å². The summed E-state index contributed by atoms with van der Waals surface area (Å²) in [5.74, 6) is 1.47. The van der Waals surface area contributed by atoms with Crippen LogP contribution in [-0.4, -0.2) is 11.8 Å². The summed E-state index contributed by atoms with van der Waals surface area (Å²) in [5, 5.41) is 1.00. The van der Waals surface area contributed by atoms with Crippen molar-refractivity contribution in [2.24, 2.45) is 0 Å². The Morgan fingerprint density at radius 3 is 1.86 bits per heavy atom. The molecule has 0 amide bonds. The summed E-state index contributed by atoms with van der Waals surface area (Å²) < 4.78 is 1.28. The molecule has 0 aromatic rings. The quantitative estimate of drug-likeness (QED) is 0.293. The Morgan fingerprint density at radius 2 is 1.36 bits per heavy atom. The van der Waals surface area contributed by atoms with E-state index in [0.29, 0.717) is 0 Å². The summed E-state index contributed by atoms with van der Waals surface area (Å²) in [6.45, 7) is 0. The Morgan fingerprint density at radius 1 is 0.857 bits per heavy atom. The van der Waals surface area contributed by atoms with E-state index < -0.39 is 0 Å². The molecule has 0 radical (unpaired) electrons. The fourth-order valence-corrected chi connectivity index (χ4v) is 2.28. The molecule has 0 aromatic carbocycles. The Hall–Kier alpha value is 1.34. The summed E-state index contributed by atoms with van der Waals surface area (Å²) in [6, 6.07) is 0. The number of hydrogen-bond acceptors (Lipinski definition) is 0. The number of rotatable bonds is 8. The van der Waals surface area contributed by atoms with Crippen LogP contribution in [0.3, 0.4) is 0 Å². The maximum atomic E-state index is 6.14. The Balaban J connectivity index is 3.66. The van der Waals surface area contributed by atoms with Crippen LogP contribution in [0.4, 0.5) is 0 Å². The van der Waals surface area contributed by atoms with Gasteiger partial charge in [0, 0.05) is 20.4 Å². The van der Waals surface area contributed by atoms with Gasteiger partial charge in [0.15, 0.2) is 0 Å². The molecule has 0 aliphatic heterocycles. The molecule has 0 atom stereocenters. The van der Waals surface area contributed by atoms with Crippen LogP contribution in [0.25, 0.3) is 0 Å². The van der Waals surface area contributed by atoms with E-state index in [-0.39, 0.29) is 0 Å². The van der Waals surface area contributed by atoms with E-state index in [1.807, 2.05) is 0 Å². The molecule has 0 bridgehead atoms. The molecule has 0 aliphatic rings. The SMILES string of the molecule is ClCCCC/C(Cl)=C(\I)CCCCCl. The highest BCUT2D eigenvalue weighted by atomic mass is 127. The van der Waals surface area contributed by atoms with Gasteiger partial charge in [-0.25, -0.2) is 0 Å². The topological polar surface area (TPSA) is 0 Å². The van der Waals surface area contributed by atoms with E-state index in [4.69, 9.17) is 34.8 Å². The van der Waals surface area contributed by atoms with E-state index in [2.05, 4.69) is 22.6 Å². The lowest BCUT2D eigenvalue weighted by atomic mass is 10.2. The van der Waals surface area contributed by atoms with Crippen molar-refractivity contribution in [2.75, 3.05) is 11.8 Å². The van der Waals surface area contributed by atoms with Crippen LogP contribution in [0.5, 0.6) is 0 Å². The summed E-state index contributed by atoms with van der Waals surface area (Å²) in [7, 11) is 0. The zero-order valence-corrected chi connectivity index (χ0v) is 12.6. The summed E-state index contributed by atoms with van der Waals surface area (Å²) >= 11 is 19.7. The van der Waals surface area contributed by atoms with Gasteiger partial charge in [0.25, 0.3) is 0 Å². The molecular weight excluding hydrogens is 353 g/mol. The fraction of sp³-hybridized carbons (Fsp3) is 0.800. The number of unbranched alkanes of at least 4 members (excludes halogenated alkanes) is 2. The first-order valence-corrected chi connectivity index (χ1v) is 7.40. The van der Waals surface area contributed by atoms with Crippen LogP contribution in [-0.2, 0) is 0 Å². The summed E-state index contributed by atoms with van der Waals surface area (Å²) in [5.41, 5.74) is 0. The second-order valence-electron chi connectivity index (χ2n) is 3.10. The minimum absolute atomic E-state index is 0.729. The molecule has 0 saturated carbocycles. The van der Waals surface area contributed by atoms with Crippen LogP contribution in [0, 0.1) is 0 Å². The standard InChI is InChI=1S/C10H16Cl3I/c11-7-3-1-5-9(13)10(14)6-2-4-8-12/h1-8H2/b10-9+. The average Bonchev–Trinajstić information content (AvgIpc) is 2.18. The van der Waals surface area contributed by atoms with Gasteiger partial charge in [0.1, 0.15) is 0 Å². The number of hydrogen-bond donors (Lipinski definition) is 0. The second-order valence-corrected chi connectivity index (χ2v) is 5.62. The lowest BCUT2D eigenvalue weighted by molar-refractivity contribution is 0.789. The van der Waals surface area contributed by atoms with Crippen molar-refractivity contribution in [1.29, 1.82) is 0 Å². The third-order valence-corrected chi connectivity index (χ3v) is 4.32. The first-order valence-electron chi connectivity index (χ1n) is 4.87. The second kappa shape index (κ2) is 10.8. The van der Waals surface area contributed by atoms with Crippen LogP contribution in [0.1, 0.15) is 38.5 Å². The van der Waals surface area contributed by atoms with Crippen molar-refractivity contribution in [3.05, 3.63) is 8.61 Å². The first-order chi connectivity index (χ1) is 6.72. The van der Waals surface area contributed by atoms with E-state index in [1.54, 1.807) is 0 Å². The Kier molecular flexibility index (Phi) is 11.9. The first kappa shape index (κ1) is 15.3. The van der Waals surface area contributed by atoms with Gasteiger partial charge >= 0.3 is 0 Å². The Labute approximate surface area is 116 Å². The average molecular weight is 370 g/mol. The molecule has 0 spiro atoms. The third kappa shape index (κ3) is 8.63. The predicted octanol–water partition coefficient (Wildman–Crippen LogP) is 5.69. The molecule has 0 aliphatic carbocycles. The maximum absolute atomic E-state index is 6.14. The van der Waals surface area contributed by atoms with Crippen molar-refractivity contribution < 1.29 is 0 Å². The normalized spacial score (nSPS) is 12.9. The largest absolute Gasteiger partial charge is 0.127 e. The van der Waals surface area contributed by atoms with Crippen molar-refractivity contribution in [1.82, 2.24) is 0 Å². The molecule has 0 saturated heterocycles. The predicted molar refractivity (Wildman–Crippen MR) is 76.0 cm³/mol. The third-order valence-electron chi connectivity index (χ3n) is 1.85. The maximum Gasteiger partial charge on any atom is 0.0273 e. The highest BCUT2D eigenvalue weighted by Gasteiger charge is 2.01. The molecule has 84 valence electrons. The lowest BCUT2D eigenvalue weighted by Gasteiger charge is -2.03. The van der Waals surface area contributed by atoms with Gasteiger partial charge in [-0.1, -0.05) is 11.6 Å². The van der Waals surface area contributed by atoms with E-state index in [9.17, 15) is 0 Å².